The maximum atomic E-state index is 6.90. The summed E-state index contributed by atoms with van der Waals surface area (Å²) in [5, 5.41) is 10.9. The van der Waals surface area contributed by atoms with Gasteiger partial charge in [-0.15, -0.1) is 0 Å². The third-order valence-corrected chi connectivity index (χ3v) is 12.9. The normalized spacial score (nSPS) is 13.2. The van der Waals surface area contributed by atoms with Gasteiger partial charge in [-0.05, 0) is 106 Å². The van der Waals surface area contributed by atoms with Crippen LogP contribution in [0.15, 0.2) is 251 Å². The lowest BCUT2D eigenvalue weighted by molar-refractivity contribution is 0.670. The second-order valence-corrected chi connectivity index (χ2v) is 16.9. The molecule has 12 aromatic rings. The maximum Gasteiger partial charge on any atom is 0.166 e. The van der Waals surface area contributed by atoms with Crippen molar-refractivity contribution in [1.29, 1.82) is 0 Å². The number of benzene rings is 11. The van der Waals surface area contributed by atoms with Crippen LogP contribution in [0.1, 0.15) is 11.7 Å². The molecule has 0 saturated carbocycles. The molecule has 1 aliphatic rings. The Bertz CT molecular complexity index is 3910. The average molecular weight is 845 g/mol. The van der Waals surface area contributed by atoms with Crippen LogP contribution in [0.5, 0.6) is 0 Å². The van der Waals surface area contributed by atoms with Gasteiger partial charge in [0.15, 0.2) is 6.17 Å². The topological polar surface area (TPSA) is 44.3 Å². The summed E-state index contributed by atoms with van der Waals surface area (Å²) in [6.45, 7) is 0. The maximum absolute atomic E-state index is 6.90. The van der Waals surface area contributed by atoms with Crippen molar-refractivity contribution in [2.45, 2.75) is 6.17 Å². The van der Waals surface area contributed by atoms with Gasteiger partial charge in [-0.3, -0.25) is 9.98 Å². The molecule has 1 unspecified atom stereocenters. The second-order valence-electron chi connectivity index (χ2n) is 16.9. The fourth-order valence-electron chi connectivity index (χ4n) is 9.95. The molecule has 1 aliphatic heterocycles. The van der Waals surface area contributed by atoms with E-state index >= 15 is 0 Å². The van der Waals surface area contributed by atoms with Crippen LogP contribution in [0.4, 0.5) is 34.1 Å². The van der Waals surface area contributed by atoms with Crippen molar-refractivity contribution in [2.75, 3.05) is 9.80 Å². The molecule has 5 heteroatoms. The van der Waals surface area contributed by atoms with Crippen LogP contribution < -0.4 is 20.5 Å². The molecule has 2 heterocycles. The molecular formula is C61H40N4O. The molecule has 1 aromatic heterocycles. The van der Waals surface area contributed by atoms with Crippen molar-refractivity contribution in [2.24, 2.45) is 9.98 Å². The summed E-state index contributed by atoms with van der Waals surface area (Å²) in [7, 11) is 0. The fraction of sp³-hybridized carbons (Fsp3) is 0.0164. The Morgan fingerprint density at radius 1 is 0.348 bits per heavy atom. The standard InChI is InChI=1S/C61H40N4O/c1-5-18-40(19-6-1)53-37-42-20-13-14-29-50(42)59-60(53)63-61(62-59)43-21-17-28-48(34-43)64(45-22-7-2-8-23-45)49-33-32-41-36-54-56(38-44(41)35-49)66-57-39-55(51-30-15-16-31-52(51)58(54)57)65(46-24-9-3-10-25-46)47-26-11-4-12-27-47/h1-39,61H. The smallest absolute Gasteiger partial charge is 0.166 e. The van der Waals surface area contributed by atoms with Gasteiger partial charge in [-0.25, -0.2) is 0 Å². The molecule has 0 saturated heterocycles. The largest absolute Gasteiger partial charge is 0.456 e. The van der Waals surface area contributed by atoms with Gasteiger partial charge in [0.25, 0.3) is 0 Å². The summed E-state index contributed by atoms with van der Waals surface area (Å²) in [5.74, 6) is 0. The van der Waals surface area contributed by atoms with Crippen molar-refractivity contribution < 1.29 is 4.42 Å². The Kier molecular flexibility index (Phi) is 8.84. The van der Waals surface area contributed by atoms with Crippen molar-refractivity contribution in [3.63, 3.8) is 0 Å². The molecule has 1 atom stereocenters. The number of anilines is 6. The van der Waals surface area contributed by atoms with Gasteiger partial charge in [0.05, 0.1) is 16.4 Å². The number of nitrogens with zero attached hydrogens (tertiary/aromatic N) is 4. The molecule has 11 aromatic carbocycles. The van der Waals surface area contributed by atoms with E-state index < -0.39 is 0 Å². The molecule has 0 radical (unpaired) electrons. The highest BCUT2D eigenvalue weighted by atomic mass is 16.3. The Hall–Kier alpha value is -8.80. The van der Waals surface area contributed by atoms with Crippen molar-refractivity contribution in [1.82, 2.24) is 0 Å². The first-order valence-corrected chi connectivity index (χ1v) is 22.4. The minimum atomic E-state index is -0.382. The molecule has 310 valence electrons. The van der Waals surface area contributed by atoms with Crippen LogP contribution in [-0.2, 0) is 0 Å². The van der Waals surface area contributed by atoms with E-state index in [-0.39, 0.29) is 6.17 Å². The van der Waals surface area contributed by atoms with Gasteiger partial charge in [0, 0.05) is 67.2 Å². The minimum absolute atomic E-state index is 0.382. The molecule has 0 bridgehead atoms. The number of hydrogen-bond acceptors (Lipinski definition) is 5. The molecule has 0 fully saturated rings. The Labute approximate surface area is 381 Å². The first-order valence-electron chi connectivity index (χ1n) is 22.4. The average Bonchev–Trinajstić information content (AvgIpc) is 3.99. The zero-order chi connectivity index (χ0) is 43.6. The van der Waals surface area contributed by atoms with Gasteiger partial charge < -0.3 is 14.2 Å². The van der Waals surface area contributed by atoms with Gasteiger partial charge in [0.2, 0.25) is 0 Å². The van der Waals surface area contributed by atoms with Crippen LogP contribution in [-0.4, -0.2) is 0 Å². The SMILES string of the molecule is c1ccc(-c2cc3ccccc3c3c2=NC(c2cccc(N(c4ccccc4)c4ccc5cc6c(cc5c4)oc4cc(N(c5ccccc5)c5ccccc5)c5ccccc5c46)c2)N=3)cc1. The Morgan fingerprint density at radius 2 is 0.939 bits per heavy atom. The molecule has 5 nitrogen and oxygen atoms in total. The summed E-state index contributed by atoms with van der Waals surface area (Å²) in [4.78, 5) is 15.3. The summed E-state index contributed by atoms with van der Waals surface area (Å²) >= 11 is 0. The first-order chi connectivity index (χ1) is 32.7. The van der Waals surface area contributed by atoms with E-state index in [9.17, 15) is 0 Å². The lowest BCUT2D eigenvalue weighted by Crippen LogP contribution is -2.25. The second kappa shape index (κ2) is 15.5. The third kappa shape index (κ3) is 6.32. The third-order valence-electron chi connectivity index (χ3n) is 12.9. The van der Waals surface area contributed by atoms with Gasteiger partial charge >= 0.3 is 0 Å². The van der Waals surface area contributed by atoms with E-state index in [1.807, 2.05) is 0 Å². The number of hydrogen-bond donors (Lipinski definition) is 0. The Balaban J connectivity index is 0.936. The summed E-state index contributed by atoms with van der Waals surface area (Å²) in [5.41, 5.74) is 11.3. The zero-order valence-corrected chi connectivity index (χ0v) is 35.8. The predicted octanol–water partition coefficient (Wildman–Crippen LogP) is 15.6. The van der Waals surface area contributed by atoms with E-state index in [1.54, 1.807) is 0 Å². The Morgan fingerprint density at radius 3 is 1.67 bits per heavy atom. The molecule has 0 N–H and O–H groups in total. The molecule has 66 heavy (non-hydrogen) atoms. The highest BCUT2D eigenvalue weighted by Gasteiger charge is 2.23. The quantitative estimate of drug-likeness (QED) is 0.153. The predicted molar refractivity (Wildman–Crippen MR) is 273 cm³/mol. The van der Waals surface area contributed by atoms with E-state index in [2.05, 4.69) is 246 Å². The molecule has 0 spiro atoms. The molecular weight excluding hydrogens is 805 g/mol. The van der Waals surface area contributed by atoms with Gasteiger partial charge in [0.1, 0.15) is 11.2 Å². The summed E-state index contributed by atoms with van der Waals surface area (Å²) in [6, 6.07) is 83.8. The minimum Gasteiger partial charge on any atom is -0.456 e. The van der Waals surface area contributed by atoms with Crippen molar-refractivity contribution in [3.8, 4) is 11.1 Å². The van der Waals surface area contributed by atoms with Gasteiger partial charge in [-0.2, -0.15) is 0 Å². The highest BCUT2D eigenvalue weighted by Crippen LogP contribution is 2.46. The number of furan rings is 1. The van der Waals surface area contributed by atoms with E-state index in [4.69, 9.17) is 14.4 Å². The number of para-hydroxylation sites is 3. The van der Waals surface area contributed by atoms with E-state index in [0.717, 1.165) is 116 Å². The lowest BCUT2D eigenvalue weighted by Gasteiger charge is -2.27. The number of fused-ring (bicyclic) bond motifs is 9. The molecule has 0 amide bonds. The molecule has 0 aliphatic carbocycles. The monoisotopic (exact) mass is 844 g/mol. The lowest BCUT2D eigenvalue weighted by atomic mass is 9.99. The van der Waals surface area contributed by atoms with Crippen molar-refractivity contribution in [3.05, 3.63) is 253 Å². The van der Waals surface area contributed by atoms with Crippen LogP contribution in [0.3, 0.4) is 0 Å². The van der Waals surface area contributed by atoms with E-state index in [1.165, 1.54) is 0 Å². The highest BCUT2D eigenvalue weighted by molar-refractivity contribution is 6.24. The zero-order valence-electron chi connectivity index (χ0n) is 35.8. The van der Waals surface area contributed by atoms with Gasteiger partial charge in [-0.1, -0.05) is 152 Å². The van der Waals surface area contributed by atoms with E-state index in [0.29, 0.717) is 0 Å². The van der Waals surface area contributed by atoms with Crippen LogP contribution in [0.25, 0.3) is 65.4 Å². The number of rotatable bonds is 8. The van der Waals surface area contributed by atoms with Crippen molar-refractivity contribution >= 4 is 88.4 Å². The van der Waals surface area contributed by atoms with Crippen LogP contribution >= 0.6 is 0 Å². The fourth-order valence-corrected chi connectivity index (χ4v) is 9.95. The summed E-state index contributed by atoms with van der Waals surface area (Å²) < 4.78 is 6.90. The summed E-state index contributed by atoms with van der Waals surface area (Å²) in [6.07, 6.45) is -0.382. The first kappa shape index (κ1) is 37.7. The van der Waals surface area contributed by atoms with Crippen LogP contribution in [0, 0.1) is 0 Å². The van der Waals surface area contributed by atoms with Crippen LogP contribution in [0.2, 0.25) is 0 Å². The molecule has 13 rings (SSSR count).